The summed E-state index contributed by atoms with van der Waals surface area (Å²) in [5.74, 6) is -4.32. The summed E-state index contributed by atoms with van der Waals surface area (Å²) in [5.41, 5.74) is 7.13. The number of carboxylic acids is 2. The van der Waals surface area contributed by atoms with Gasteiger partial charge in [-0.15, -0.1) is 0 Å². The van der Waals surface area contributed by atoms with Crippen LogP contribution in [0, 0.1) is 0 Å². The van der Waals surface area contributed by atoms with Gasteiger partial charge in [-0.25, -0.2) is 9.78 Å². The third-order valence-electron chi connectivity index (χ3n) is 4.24. The average Bonchev–Trinajstić information content (AvgIpc) is 3.20. The Morgan fingerprint density at radius 3 is 2.23 bits per heavy atom. The van der Waals surface area contributed by atoms with Gasteiger partial charge in [-0.3, -0.25) is 14.4 Å². The predicted octanol–water partition coefficient (Wildman–Crippen LogP) is -0.949. The normalized spacial score (nSPS) is 13.6. The molecule has 0 aliphatic heterocycles. The highest BCUT2D eigenvalue weighted by Crippen LogP contribution is 2.04. The lowest BCUT2D eigenvalue weighted by Crippen LogP contribution is -2.55. The van der Waals surface area contributed by atoms with Crippen LogP contribution in [0.2, 0.25) is 0 Å². The van der Waals surface area contributed by atoms with E-state index in [-0.39, 0.29) is 12.8 Å². The topological polar surface area (TPSA) is 188 Å². The van der Waals surface area contributed by atoms with Crippen LogP contribution in [0.4, 0.5) is 0 Å². The number of hydrogen-bond donors (Lipinski definition) is 6. The number of carbonyl (C=O) groups is 4. The molecule has 1 heterocycles. The Morgan fingerprint density at radius 2 is 1.67 bits per heavy atom. The summed E-state index contributed by atoms with van der Waals surface area (Å²) in [7, 11) is 0. The molecule has 3 unspecified atom stereocenters. The Labute approximate surface area is 171 Å². The standard InChI is InChI=1S/C19H23N5O6/c20-13(6-11-4-2-1-3-5-11)17(27)23-14(8-16(25)26)18(28)24-15(19(29)30)7-12-9-21-10-22-12/h1-5,9-10,13-15H,6-8,20H2,(H,21,22)(H,23,27)(H,24,28)(H,25,26)(H,29,30). The minimum atomic E-state index is -1.49. The molecule has 0 aliphatic carbocycles. The molecular weight excluding hydrogens is 394 g/mol. The predicted molar refractivity (Wildman–Crippen MR) is 104 cm³/mol. The van der Waals surface area contributed by atoms with E-state index < -0.39 is 48.3 Å². The maximum absolute atomic E-state index is 12.5. The number of carboxylic acid groups (broad SMARTS) is 2. The van der Waals surface area contributed by atoms with Gasteiger partial charge in [0.2, 0.25) is 11.8 Å². The number of imidazole rings is 1. The molecular formula is C19H23N5O6. The van der Waals surface area contributed by atoms with Crippen molar-refractivity contribution in [1.82, 2.24) is 20.6 Å². The van der Waals surface area contributed by atoms with Crippen LogP contribution in [0.25, 0.3) is 0 Å². The lowest BCUT2D eigenvalue weighted by atomic mass is 10.0. The van der Waals surface area contributed by atoms with E-state index in [0.717, 1.165) is 5.56 Å². The fraction of sp³-hybridized carbons (Fsp3) is 0.316. The number of amides is 2. The molecule has 160 valence electrons. The third-order valence-corrected chi connectivity index (χ3v) is 4.24. The molecule has 11 nitrogen and oxygen atoms in total. The SMILES string of the molecule is NC(Cc1ccccc1)C(=O)NC(CC(=O)O)C(=O)NC(Cc1cnc[nH]1)C(=O)O. The first-order valence-corrected chi connectivity index (χ1v) is 9.08. The smallest absolute Gasteiger partial charge is 0.326 e. The second-order valence-corrected chi connectivity index (χ2v) is 6.64. The van der Waals surface area contributed by atoms with Crippen molar-refractivity contribution >= 4 is 23.8 Å². The van der Waals surface area contributed by atoms with Crippen molar-refractivity contribution in [1.29, 1.82) is 0 Å². The monoisotopic (exact) mass is 417 g/mol. The fourth-order valence-corrected chi connectivity index (χ4v) is 2.71. The number of carbonyl (C=O) groups excluding carboxylic acids is 2. The number of H-pyrrole nitrogens is 1. The highest BCUT2D eigenvalue weighted by molar-refractivity contribution is 5.94. The Balaban J connectivity index is 2.03. The first kappa shape index (κ1) is 22.6. The number of nitrogens with two attached hydrogens (primary N) is 1. The molecule has 0 bridgehead atoms. The Kier molecular flexibility index (Phi) is 8.06. The molecule has 0 fully saturated rings. The summed E-state index contributed by atoms with van der Waals surface area (Å²) >= 11 is 0. The van der Waals surface area contributed by atoms with Gasteiger partial charge in [0.25, 0.3) is 0 Å². The van der Waals surface area contributed by atoms with Gasteiger partial charge in [0.15, 0.2) is 0 Å². The van der Waals surface area contributed by atoms with Crippen LogP contribution < -0.4 is 16.4 Å². The lowest BCUT2D eigenvalue weighted by Gasteiger charge is -2.21. The summed E-state index contributed by atoms with van der Waals surface area (Å²) in [5, 5.41) is 23.0. The molecule has 7 N–H and O–H groups in total. The molecule has 1 aromatic carbocycles. The van der Waals surface area contributed by atoms with Crippen LogP contribution in [0.3, 0.4) is 0 Å². The van der Waals surface area contributed by atoms with E-state index in [9.17, 15) is 24.3 Å². The van der Waals surface area contributed by atoms with Gasteiger partial charge >= 0.3 is 11.9 Å². The van der Waals surface area contributed by atoms with Crippen LogP contribution in [-0.4, -0.2) is 62.1 Å². The molecule has 2 aromatic rings. The molecule has 11 heteroatoms. The summed E-state index contributed by atoms with van der Waals surface area (Å²) < 4.78 is 0. The Hall–Kier alpha value is -3.73. The summed E-state index contributed by atoms with van der Waals surface area (Å²) in [6, 6.07) is 5.09. The molecule has 0 saturated heterocycles. The number of aromatic nitrogens is 2. The van der Waals surface area contributed by atoms with Crippen LogP contribution in [0.1, 0.15) is 17.7 Å². The highest BCUT2D eigenvalue weighted by Gasteiger charge is 2.30. The van der Waals surface area contributed by atoms with Crippen LogP contribution in [0.15, 0.2) is 42.9 Å². The summed E-state index contributed by atoms with van der Waals surface area (Å²) in [4.78, 5) is 54.0. The Bertz CT molecular complexity index is 871. The van der Waals surface area contributed by atoms with Crippen LogP contribution in [0.5, 0.6) is 0 Å². The Morgan fingerprint density at radius 1 is 1.00 bits per heavy atom. The number of benzene rings is 1. The van der Waals surface area contributed by atoms with Gasteiger partial charge < -0.3 is 31.6 Å². The van der Waals surface area contributed by atoms with Gasteiger partial charge in [0.05, 0.1) is 18.8 Å². The van der Waals surface area contributed by atoms with E-state index in [1.807, 2.05) is 6.07 Å². The molecule has 1 aromatic heterocycles. The zero-order chi connectivity index (χ0) is 22.1. The van der Waals surface area contributed by atoms with Gasteiger partial charge in [-0.1, -0.05) is 30.3 Å². The second kappa shape index (κ2) is 10.7. The quantitative estimate of drug-likeness (QED) is 0.270. The van der Waals surface area contributed by atoms with Crippen molar-refractivity contribution in [3.63, 3.8) is 0 Å². The average molecular weight is 417 g/mol. The number of nitrogens with zero attached hydrogens (tertiary/aromatic N) is 1. The molecule has 2 amide bonds. The third kappa shape index (κ3) is 7.02. The van der Waals surface area contributed by atoms with E-state index in [4.69, 9.17) is 10.8 Å². The van der Waals surface area contributed by atoms with Crippen molar-refractivity contribution in [3.05, 3.63) is 54.1 Å². The van der Waals surface area contributed by atoms with Crippen molar-refractivity contribution in [2.45, 2.75) is 37.4 Å². The zero-order valence-corrected chi connectivity index (χ0v) is 15.9. The molecule has 0 saturated carbocycles. The molecule has 0 spiro atoms. The van der Waals surface area contributed by atoms with Crippen molar-refractivity contribution < 1.29 is 29.4 Å². The van der Waals surface area contributed by atoms with Gasteiger partial charge in [0, 0.05) is 18.3 Å². The van der Waals surface area contributed by atoms with Gasteiger partial charge in [-0.05, 0) is 12.0 Å². The van der Waals surface area contributed by atoms with Gasteiger partial charge in [0.1, 0.15) is 12.1 Å². The largest absolute Gasteiger partial charge is 0.481 e. The van der Waals surface area contributed by atoms with Crippen molar-refractivity contribution in [2.75, 3.05) is 0 Å². The fourth-order valence-electron chi connectivity index (χ4n) is 2.71. The summed E-state index contributed by atoms with van der Waals surface area (Å²) in [6.45, 7) is 0. The number of rotatable bonds is 11. The second-order valence-electron chi connectivity index (χ2n) is 6.64. The highest BCUT2D eigenvalue weighted by atomic mass is 16.4. The molecule has 3 atom stereocenters. The van der Waals surface area contributed by atoms with E-state index >= 15 is 0 Å². The molecule has 0 radical (unpaired) electrons. The molecule has 0 aliphatic rings. The first-order valence-electron chi connectivity index (χ1n) is 9.08. The van der Waals surface area contributed by atoms with Crippen LogP contribution in [-0.2, 0) is 32.0 Å². The van der Waals surface area contributed by atoms with E-state index in [0.29, 0.717) is 5.69 Å². The minimum Gasteiger partial charge on any atom is -0.481 e. The lowest BCUT2D eigenvalue weighted by molar-refractivity contribution is -0.143. The first-order chi connectivity index (χ1) is 14.3. The van der Waals surface area contributed by atoms with Crippen molar-refractivity contribution in [2.24, 2.45) is 5.73 Å². The van der Waals surface area contributed by atoms with E-state index in [1.54, 1.807) is 24.3 Å². The minimum absolute atomic E-state index is 0.0949. The summed E-state index contributed by atoms with van der Waals surface area (Å²) in [6.07, 6.45) is 2.12. The maximum atomic E-state index is 12.5. The number of nitrogens with one attached hydrogen (secondary N) is 3. The number of aliphatic carboxylic acids is 2. The van der Waals surface area contributed by atoms with Crippen LogP contribution >= 0.6 is 0 Å². The van der Waals surface area contributed by atoms with E-state index in [2.05, 4.69) is 20.6 Å². The van der Waals surface area contributed by atoms with Gasteiger partial charge in [-0.2, -0.15) is 0 Å². The van der Waals surface area contributed by atoms with Crippen molar-refractivity contribution in [3.8, 4) is 0 Å². The number of hydrogen-bond acceptors (Lipinski definition) is 6. The van der Waals surface area contributed by atoms with E-state index in [1.165, 1.54) is 12.5 Å². The maximum Gasteiger partial charge on any atom is 0.326 e. The molecule has 2 rings (SSSR count). The molecule has 30 heavy (non-hydrogen) atoms. The zero-order valence-electron chi connectivity index (χ0n) is 15.9. The number of aromatic amines is 1.